The molecule has 0 unspecified atom stereocenters. The van der Waals surface area contributed by atoms with E-state index in [1.807, 2.05) is 72.2 Å². The zero-order chi connectivity index (χ0) is 22.3. The molecule has 0 spiro atoms. The van der Waals surface area contributed by atoms with Gasteiger partial charge in [-0.3, -0.25) is 14.3 Å². The third-order valence-electron chi connectivity index (χ3n) is 4.93. The number of para-hydroxylation sites is 2. The molecule has 0 saturated heterocycles. The molecule has 1 N–H and O–H groups in total. The van der Waals surface area contributed by atoms with E-state index in [1.165, 1.54) is 11.8 Å². The Balaban J connectivity index is 1.53. The van der Waals surface area contributed by atoms with Crippen molar-refractivity contribution in [2.24, 2.45) is 0 Å². The van der Waals surface area contributed by atoms with Crippen molar-refractivity contribution in [3.8, 4) is 22.8 Å². The van der Waals surface area contributed by atoms with Gasteiger partial charge >= 0.3 is 0 Å². The normalized spacial score (nSPS) is 10.7. The van der Waals surface area contributed by atoms with Crippen LogP contribution in [0.4, 0.5) is 0 Å². The number of nitrogens with zero attached hydrogens (tertiary/aromatic N) is 4. The van der Waals surface area contributed by atoms with Gasteiger partial charge in [-0.2, -0.15) is 0 Å². The SMILES string of the molecule is COc1ccccc1CNC(=O)CSc1nnc(-c2ccncc2)n1-c1ccccc1C. The molecule has 0 saturated carbocycles. The molecule has 0 aliphatic rings. The highest BCUT2D eigenvalue weighted by atomic mass is 32.2. The number of benzene rings is 2. The molecule has 0 radical (unpaired) electrons. The van der Waals surface area contributed by atoms with Crippen LogP contribution in [0.2, 0.25) is 0 Å². The van der Waals surface area contributed by atoms with Gasteiger partial charge in [0.05, 0.1) is 18.6 Å². The first-order valence-corrected chi connectivity index (χ1v) is 11.1. The predicted octanol–water partition coefficient (Wildman–Crippen LogP) is 4.05. The number of carbonyl (C=O) groups is 1. The highest BCUT2D eigenvalue weighted by Crippen LogP contribution is 2.29. The summed E-state index contributed by atoms with van der Waals surface area (Å²) in [5, 5.41) is 12.4. The number of nitrogens with one attached hydrogen (secondary N) is 1. The summed E-state index contributed by atoms with van der Waals surface area (Å²) in [6.45, 7) is 2.44. The monoisotopic (exact) mass is 445 g/mol. The van der Waals surface area contributed by atoms with E-state index in [0.29, 0.717) is 17.5 Å². The quantitative estimate of drug-likeness (QED) is 0.412. The standard InChI is InChI=1S/C24H23N5O2S/c1-17-7-3-5-9-20(17)29-23(18-11-13-25-14-12-18)27-28-24(29)32-16-22(30)26-15-19-8-4-6-10-21(19)31-2/h3-14H,15-16H2,1-2H3,(H,26,30). The second kappa shape index (κ2) is 10.1. The number of rotatable bonds is 8. The van der Waals surface area contributed by atoms with E-state index < -0.39 is 0 Å². The van der Waals surface area contributed by atoms with Gasteiger partial charge in [0.2, 0.25) is 5.91 Å². The molecular weight excluding hydrogens is 422 g/mol. The van der Waals surface area contributed by atoms with Crippen LogP contribution >= 0.6 is 11.8 Å². The number of amides is 1. The lowest BCUT2D eigenvalue weighted by Gasteiger charge is -2.13. The first kappa shape index (κ1) is 21.6. The number of aryl methyl sites for hydroxylation is 1. The number of ether oxygens (including phenoxy) is 1. The summed E-state index contributed by atoms with van der Waals surface area (Å²) in [6, 6.07) is 19.5. The van der Waals surface area contributed by atoms with Gasteiger partial charge < -0.3 is 10.1 Å². The summed E-state index contributed by atoms with van der Waals surface area (Å²) in [5.74, 6) is 1.58. The molecule has 0 atom stereocenters. The van der Waals surface area contributed by atoms with E-state index >= 15 is 0 Å². The molecule has 0 aliphatic carbocycles. The van der Waals surface area contributed by atoms with Crippen molar-refractivity contribution in [2.75, 3.05) is 12.9 Å². The van der Waals surface area contributed by atoms with Crippen LogP contribution < -0.4 is 10.1 Å². The molecule has 7 nitrogen and oxygen atoms in total. The maximum absolute atomic E-state index is 12.5. The van der Waals surface area contributed by atoms with Crippen LogP contribution in [0.15, 0.2) is 78.2 Å². The Bertz CT molecular complexity index is 1210. The van der Waals surface area contributed by atoms with Crippen LogP contribution in [0, 0.1) is 6.92 Å². The van der Waals surface area contributed by atoms with Gasteiger partial charge in [0.15, 0.2) is 11.0 Å². The van der Waals surface area contributed by atoms with Crippen molar-refractivity contribution in [1.82, 2.24) is 25.1 Å². The van der Waals surface area contributed by atoms with Gasteiger partial charge in [0, 0.05) is 30.1 Å². The Labute approximate surface area is 190 Å². The number of pyridine rings is 1. The van der Waals surface area contributed by atoms with Crippen LogP contribution in [0.25, 0.3) is 17.1 Å². The molecule has 2 aromatic heterocycles. The third-order valence-corrected chi connectivity index (χ3v) is 5.86. The molecule has 8 heteroatoms. The predicted molar refractivity (Wildman–Crippen MR) is 125 cm³/mol. The number of aromatic nitrogens is 4. The van der Waals surface area contributed by atoms with Crippen molar-refractivity contribution >= 4 is 17.7 Å². The summed E-state index contributed by atoms with van der Waals surface area (Å²) in [5.41, 5.74) is 3.89. The number of hydrogen-bond acceptors (Lipinski definition) is 6. The van der Waals surface area contributed by atoms with Crippen molar-refractivity contribution in [3.05, 3.63) is 84.2 Å². The average molecular weight is 446 g/mol. The summed E-state index contributed by atoms with van der Waals surface area (Å²) in [4.78, 5) is 16.6. The Hall–Kier alpha value is -3.65. The topological polar surface area (TPSA) is 81.9 Å². The van der Waals surface area contributed by atoms with Gasteiger partial charge in [-0.15, -0.1) is 10.2 Å². The zero-order valence-corrected chi connectivity index (χ0v) is 18.7. The zero-order valence-electron chi connectivity index (χ0n) is 17.9. The summed E-state index contributed by atoms with van der Waals surface area (Å²) in [7, 11) is 1.62. The number of carbonyl (C=O) groups excluding carboxylic acids is 1. The molecule has 32 heavy (non-hydrogen) atoms. The minimum atomic E-state index is -0.0919. The van der Waals surface area contributed by atoms with Crippen molar-refractivity contribution in [2.45, 2.75) is 18.6 Å². The Morgan fingerprint density at radius 2 is 1.78 bits per heavy atom. The lowest BCUT2D eigenvalue weighted by atomic mass is 10.2. The molecule has 4 aromatic rings. The second-order valence-electron chi connectivity index (χ2n) is 7.04. The van der Waals surface area contributed by atoms with Crippen molar-refractivity contribution in [3.63, 3.8) is 0 Å². The fraction of sp³-hybridized carbons (Fsp3) is 0.167. The molecule has 0 aliphatic heterocycles. The number of thioether (sulfide) groups is 1. The van der Waals surface area contributed by atoms with Crippen LogP contribution in [0.1, 0.15) is 11.1 Å². The van der Waals surface area contributed by atoms with Gasteiger partial charge in [-0.05, 0) is 36.8 Å². The molecule has 2 heterocycles. The van der Waals surface area contributed by atoms with Gasteiger partial charge in [-0.1, -0.05) is 48.2 Å². The summed E-state index contributed by atoms with van der Waals surface area (Å²) in [6.07, 6.45) is 3.45. The van der Waals surface area contributed by atoms with Gasteiger partial charge in [-0.25, -0.2) is 0 Å². The fourth-order valence-corrected chi connectivity index (χ4v) is 4.08. The molecular formula is C24H23N5O2S. The molecule has 2 aromatic carbocycles. The summed E-state index contributed by atoms with van der Waals surface area (Å²) >= 11 is 1.35. The molecule has 0 bridgehead atoms. The largest absolute Gasteiger partial charge is 0.496 e. The number of methoxy groups -OCH3 is 1. The van der Waals surface area contributed by atoms with Gasteiger partial charge in [0.1, 0.15) is 5.75 Å². The first-order chi connectivity index (χ1) is 15.7. The van der Waals surface area contributed by atoms with Crippen molar-refractivity contribution < 1.29 is 9.53 Å². The van der Waals surface area contributed by atoms with E-state index in [4.69, 9.17) is 4.74 Å². The molecule has 162 valence electrons. The Kier molecular flexibility index (Phi) is 6.81. The molecule has 1 amide bonds. The minimum absolute atomic E-state index is 0.0919. The maximum atomic E-state index is 12.5. The highest BCUT2D eigenvalue weighted by Gasteiger charge is 2.18. The maximum Gasteiger partial charge on any atom is 0.230 e. The lowest BCUT2D eigenvalue weighted by Crippen LogP contribution is -2.25. The second-order valence-corrected chi connectivity index (χ2v) is 7.98. The minimum Gasteiger partial charge on any atom is -0.496 e. The van der Waals surface area contributed by atoms with E-state index in [-0.39, 0.29) is 11.7 Å². The van der Waals surface area contributed by atoms with E-state index in [1.54, 1.807) is 19.5 Å². The summed E-state index contributed by atoms with van der Waals surface area (Å²) < 4.78 is 7.33. The molecule has 0 fully saturated rings. The first-order valence-electron chi connectivity index (χ1n) is 10.1. The third kappa shape index (κ3) is 4.81. The van der Waals surface area contributed by atoms with Crippen LogP contribution in [0.5, 0.6) is 5.75 Å². The van der Waals surface area contributed by atoms with Crippen molar-refractivity contribution in [1.29, 1.82) is 0 Å². The Morgan fingerprint density at radius 1 is 1.03 bits per heavy atom. The van der Waals surface area contributed by atoms with Crippen LogP contribution in [0.3, 0.4) is 0 Å². The van der Waals surface area contributed by atoms with Gasteiger partial charge in [0.25, 0.3) is 0 Å². The highest BCUT2D eigenvalue weighted by molar-refractivity contribution is 7.99. The van der Waals surface area contributed by atoms with Crippen LogP contribution in [-0.2, 0) is 11.3 Å². The molecule has 4 rings (SSSR count). The lowest BCUT2D eigenvalue weighted by molar-refractivity contribution is -0.118. The van der Waals surface area contributed by atoms with E-state index in [0.717, 1.165) is 28.1 Å². The van der Waals surface area contributed by atoms with E-state index in [2.05, 4.69) is 20.5 Å². The average Bonchev–Trinajstić information content (AvgIpc) is 3.26. The number of hydrogen-bond donors (Lipinski definition) is 1. The smallest absolute Gasteiger partial charge is 0.230 e. The Morgan fingerprint density at radius 3 is 2.56 bits per heavy atom. The fourth-order valence-electron chi connectivity index (χ4n) is 3.31. The van der Waals surface area contributed by atoms with E-state index in [9.17, 15) is 4.79 Å². The van der Waals surface area contributed by atoms with Crippen LogP contribution in [-0.4, -0.2) is 38.5 Å².